The Bertz CT molecular complexity index is 1310. The molecule has 2 aliphatic heterocycles. The summed E-state index contributed by atoms with van der Waals surface area (Å²) >= 11 is 0. The van der Waals surface area contributed by atoms with Crippen LogP contribution in [0.25, 0.3) is 0 Å². The molecule has 2 aromatic heterocycles. The minimum absolute atomic E-state index is 0.234. The lowest BCUT2D eigenvalue weighted by molar-refractivity contribution is 0.194. The van der Waals surface area contributed by atoms with Crippen molar-refractivity contribution in [1.29, 1.82) is 0 Å². The summed E-state index contributed by atoms with van der Waals surface area (Å²) < 4.78 is 13.5. The van der Waals surface area contributed by atoms with Gasteiger partial charge in [-0.3, -0.25) is 0 Å². The van der Waals surface area contributed by atoms with E-state index in [4.69, 9.17) is 9.97 Å². The van der Waals surface area contributed by atoms with E-state index in [0.29, 0.717) is 29.2 Å². The lowest BCUT2D eigenvalue weighted by atomic mass is 9.71. The van der Waals surface area contributed by atoms with Gasteiger partial charge in [0.2, 0.25) is 5.95 Å². The van der Waals surface area contributed by atoms with Crippen molar-refractivity contribution in [1.82, 2.24) is 19.9 Å². The Morgan fingerprint density at radius 3 is 2.69 bits per heavy atom. The van der Waals surface area contributed by atoms with Crippen molar-refractivity contribution in [3.63, 3.8) is 0 Å². The van der Waals surface area contributed by atoms with Crippen LogP contribution < -0.4 is 20.4 Å². The third-order valence-electron chi connectivity index (χ3n) is 8.60. The van der Waals surface area contributed by atoms with E-state index in [9.17, 15) is 4.39 Å². The van der Waals surface area contributed by atoms with Gasteiger partial charge in [-0.2, -0.15) is 9.97 Å². The van der Waals surface area contributed by atoms with E-state index in [1.807, 2.05) is 26.1 Å². The van der Waals surface area contributed by atoms with Gasteiger partial charge >= 0.3 is 0 Å². The second-order valence-electron chi connectivity index (χ2n) is 10.6. The van der Waals surface area contributed by atoms with Crippen LogP contribution in [0, 0.1) is 30.0 Å². The van der Waals surface area contributed by atoms with Crippen LogP contribution in [0.2, 0.25) is 0 Å². The van der Waals surface area contributed by atoms with Gasteiger partial charge in [0.15, 0.2) is 0 Å². The summed E-state index contributed by atoms with van der Waals surface area (Å²) in [4.78, 5) is 23.2. The Morgan fingerprint density at radius 2 is 1.91 bits per heavy atom. The van der Waals surface area contributed by atoms with Gasteiger partial charge in [0.25, 0.3) is 0 Å². The lowest BCUT2D eigenvalue weighted by Crippen LogP contribution is -2.47. The predicted molar refractivity (Wildman–Crippen MR) is 134 cm³/mol. The molecular formula is C26H29FN8. The van der Waals surface area contributed by atoms with Gasteiger partial charge in [0.05, 0.1) is 0 Å². The number of hydrogen-bond acceptors (Lipinski definition) is 8. The molecule has 3 fully saturated rings. The fourth-order valence-electron chi connectivity index (χ4n) is 6.84. The van der Waals surface area contributed by atoms with Crippen LogP contribution in [0.5, 0.6) is 0 Å². The first-order valence-corrected chi connectivity index (χ1v) is 12.4. The first-order chi connectivity index (χ1) is 17.0. The molecule has 2 saturated carbocycles. The molecule has 35 heavy (non-hydrogen) atoms. The maximum absolute atomic E-state index is 13.5. The highest BCUT2D eigenvalue weighted by molar-refractivity contribution is 5.74. The Kier molecular flexibility index (Phi) is 4.32. The number of aryl methyl sites for hydroxylation is 1. The van der Waals surface area contributed by atoms with Gasteiger partial charge in [0.1, 0.15) is 29.6 Å². The van der Waals surface area contributed by atoms with Gasteiger partial charge in [-0.1, -0.05) is 6.92 Å². The molecular weight excluding hydrogens is 443 g/mol. The molecule has 9 heteroatoms. The number of rotatable bonds is 5. The molecule has 1 aromatic carbocycles. The first-order valence-electron chi connectivity index (χ1n) is 12.4. The molecule has 0 amide bonds. The second kappa shape index (κ2) is 7.26. The highest BCUT2D eigenvalue weighted by atomic mass is 19.1. The SMILES string of the molecule is CNc1nc(NC2C3CN(c4cc(C)ncn4)CC34CC24)nc2c1[C@H](C)CN2c1ccc(F)cc1. The van der Waals surface area contributed by atoms with Gasteiger partial charge in [0, 0.05) is 67.6 Å². The smallest absolute Gasteiger partial charge is 0.226 e. The zero-order valence-electron chi connectivity index (χ0n) is 20.2. The molecule has 8 nitrogen and oxygen atoms in total. The fourth-order valence-corrected chi connectivity index (χ4v) is 6.84. The van der Waals surface area contributed by atoms with Crippen LogP contribution in [0.1, 0.15) is 30.5 Å². The highest BCUT2D eigenvalue weighted by Crippen LogP contribution is 2.74. The predicted octanol–water partition coefficient (Wildman–Crippen LogP) is 3.95. The third kappa shape index (κ3) is 3.03. The van der Waals surface area contributed by atoms with Crippen LogP contribution in [0.15, 0.2) is 36.7 Å². The molecule has 4 unspecified atom stereocenters. The summed E-state index contributed by atoms with van der Waals surface area (Å²) in [5.41, 5.74) is 3.47. The molecule has 5 atom stereocenters. The number of hydrogen-bond donors (Lipinski definition) is 2. The van der Waals surface area contributed by atoms with Crippen LogP contribution in [0.3, 0.4) is 0 Å². The number of anilines is 5. The Labute approximate surface area is 204 Å². The number of fused-ring (bicyclic) bond motifs is 1. The van der Waals surface area contributed by atoms with Crippen molar-refractivity contribution in [2.24, 2.45) is 17.3 Å². The first kappa shape index (κ1) is 20.8. The molecule has 180 valence electrons. The van der Waals surface area contributed by atoms with Gasteiger partial charge in [-0.15, -0.1) is 0 Å². The Balaban J connectivity index is 1.16. The second-order valence-corrected chi connectivity index (χ2v) is 10.6. The van der Waals surface area contributed by atoms with Gasteiger partial charge in [-0.25, -0.2) is 14.4 Å². The third-order valence-corrected chi connectivity index (χ3v) is 8.60. The molecule has 0 radical (unpaired) electrons. The Hall–Kier alpha value is -3.49. The van der Waals surface area contributed by atoms with Crippen molar-refractivity contribution in [3.8, 4) is 0 Å². The van der Waals surface area contributed by atoms with Gasteiger partial charge < -0.3 is 20.4 Å². The topological polar surface area (TPSA) is 82.1 Å². The van der Waals surface area contributed by atoms with Crippen molar-refractivity contribution in [2.75, 3.05) is 47.1 Å². The number of aromatic nitrogens is 4. The highest BCUT2D eigenvalue weighted by Gasteiger charge is 2.76. The largest absolute Gasteiger partial charge is 0.373 e. The molecule has 2 N–H and O–H groups in total. The molecule has 4 heterocycles. The van der Waals surface area contributed by atoms with Crippen molar-refractivity contribution < 1.29 is 4.39 Å². The normalized spacial score (nSPS) is 29.8. The minimum Gasteiger partial charge on any atom is -0.373 e. The molecule has 1 spiro atoms. The maximum Gasteiger partial charge on any atom is 0.226 e. The summed E-state index contributed by atoms with van der Waals surface area (Å²) in [5, 5.41) is 7.00. The van der Waals surface area contributed by atoms with Crippen LogP contribution in [-0.2, 0) is 0 Å². The fraction of sp³-hybridized carbons (Fsp3) is 0.462. The van der Waals surface area contributed by atoms with Crippen LogP contribution >= 0.6 is 0 Å². The zero-order valence-corrected chi connectivity index (χ0v) is 20.2. The number of benzene rings is 1. The van der Waals surface area contributed by atoms with E-state index in [-0.39, 0.29) is 11.7 Å². The molecule has 0 bridgehead atoms. The van der Waals surface area contributed by atoms with Crippen molar-refractivity contribution >= 4 is 29.1 Å². The molecule has 4 aliphatic rings. The van der Waals surface area contributed by atoms with E-state index in [2.05, 4.69) is 43.4 Å². The van der Waals surface area contributed by atoms with E-state index in [1.165, 1.54) is 18.6 Å². The summed E-state index contributed by atoms with van der Waals surface area (Å²) in [6.07, 6.45) is 2.91. The van der Waals surface area contributed by atoms with E-state index in [0.717, 1.165) is 54.0 Å². The summed E-state index contributed by atoms with van der Waals surface area (Å²) in [6.45, 7) is 7.05. The van der Waals surface area contributed by atoms with Gasteiger partial charge in [-0.05, 0) is 48.9 Å². The monoisotopic (exact) mass is 472 g/mol. The molecule has 1 saturated heterocycles. The Morgan fingerprint density at radius 1 is 1.09 bits per heavy atom. The quantitative estimate of drug-likeness (QED) is 0.578. The molecule has 3 aromatic rings. The van der Waals surface area contributed by atoms with Crippen molar-refractivity contribution in [2.45, 2.75) is 32.2 Å². The average Bonchev–Trinajstić information content (AvgIpc) is 3.18. The van der Waals surface area contributed by atoms with Crippen LogP contribution in [-0.4, -0.2) is 52.7 Å². The maximum atomic E-state index is 13.5. The average molecular weight is 473 g/mol. The number of nitrogens with one attached hydrogen (secondary N) is 2. The summed E-state index contributed by atoms with van der Waals surface area (Å²) in [7, 11) is 1.91. The zero-order chi connectivity index (χ0) is 23.9. The van der Waals surface area contributed by atoms with Crippen molar-refractivity contribution in [3.05, 3.63) is 53.7 Å². The standard InChI is InChI=1S/C26H29FN8/c1-14-10-35(17-6-4-16(27)5-7-17)24-21(14)23(28-3)32-25(33-24)31-22-18-9-26(18)12-34(11-19(22)26)20-8-15(2)29-13-30-20/h4-8,13-14,18-19,22H,9-12H2,1-3H3,(H2,28,31,32,33)/t14-,18?,19?,22?,26?/m1/s1. The minimum atomic E-state index is -0.234. The number of nitrogens with zero attached hydrogens (tertiary/aromatic N) is 6. The summed E-state index contributed by atoms with van der Waals surface area (Å²) in [5.74, 6) is 4.70. The molecule has 2 aliphatic carbocycles. The summed E-state index contributed by atoms with van der Waals surface area (Å²) in [6, 6.07) is 9.08. The van der Waals surface area contributed by atoms with E-state index in [1.54, 1.807) is 6.33 Å². The van der Waals surface area contributed by atoms with Crippen LogP contribution in [0.4, 0.5) is 33.5 Å². The molecule has 7 rings (SSSR count). The van der Waals surface area contributed by atoms with E-state index >= 15 is 0 Å². The lowest BCUT2D eigenvalue weighted by Gasteiger charge is -2.39. The van der Waals surface area contributed by atoms with E-state index < -0.39 is 0 Å². The number of halogens is 1.